The van der Waals surface area contributed by atoms with Crippen LogP contribution in [0.25, 0.3) is 0 Å². The lowest BCUT2D eigenvalue weighted by atomic mass is 10.0. The molecule has 0 spiro atoms. The number of benzene rings is 1. The summed E-state index contributed by atoms with van der Waals surface area (Å²) in [6, 6.07) is 4.69. The Morgan fingerprint density at radius 3 is 2.21 bits per heavy atom. The van der Waals surface area contributed by atoms with E-state index in [-0.39, 0.29) is 12.5 Å². The number of hydrogen-bond acceptors (Lipinski definition) is 3. The molecule has 0 saturated heterocycles. The van der Waals surface area contributed by atoms with Gasteiger partial charge in [0.15, 0.2) is 0 Å². The van der Waals surface area contributed by atoms with Gasteiger partial charge in [0.25, 0.3) is 0 Å². The van der Waals surface area contributed by atoms with Crippen molar-refractivity contribution in [1.29, 1.82) is 0 Å². The molecule has 1 aromatic carbocycles. The van der Waals surface area contributed by atoms with E-state index in [1.54, 1.807) is 6.92 Å². The zero-order valence-corrected chi connectivity index (χ0v) is 11.0. The van der Waals surface area contributed by atoms with Crippen molar-refractivity contribution in [3.63, 3.8) is 0 Å². The van der Waals surface area contributed by atoms with Crippen molar-refractivity contribution in [2.75, 3.05) is 6.61 Å². The van der Waals surface area contributed by atoms with Crippen molar-refractivity contribution < 1.29 is 25.8 Å². The topological polar surface area (TPSA) is 69.4 Å². The third kappa shape index (κ3) is 6.04. The van der Waals surface area contributed by atoms with Gasteiger partial charge < -0.3 is 0 Å². The number of hydrogen-bond donors (Lipinski definition) is 1. The summed E-state index contributed by atoms with van der Waals surface area (Å²) in [5.41, 5.74) is -0.0526. The Morgan fingerprint density at radius 1 is 1.26 bits per heavy atom. The molecule has 0 radical (unpaired) electrons. The lowest BCUT2D eigenvalue weighted by Crippen LogP contribution is -2.20. The maximum absolute atomic E-state index is 12.3. The van der Waals surface area contributed by atoms with E-state index in [9.17, 15) is 21.6 Å². The molecule has 1 rings (SSSR count). The zero-order chi connectivity index (χ0) is 14.7. The fourth-order valence-corrected chi connectivity index (χ4v) is 1.92. The lowest BCUT2D eigenvalue weighted by Gasteiger charge is -2.12. The van der Waals surface area contributed by atoms with Crippen molar-refractivity contribution in [3.8, 4) is 0 Å². The van der Waals surface area contributed by atoms with Gasteiger partial charge in [0, 0.05) is 0 Å². The summed E-state index contributed by atoms with van der Waals surface area (Å²) >= 11 is 0. The quantitative estimate of drug-likeness (QED) is 0.905. The standard InChI is InChI=1S/C11H14F3NO3S/c1-8(7-18-19(15,16)17)6-9-2-4-10(5-3-9)11(12,13)14/h2-5,8H,6-7H2,1H3,(H2,15,16,17)/t8-/m0/s1. The largest absolute Gasteiger partial charge is 0.416 e. The van der Waals surface area contributed by atoms with Crippen LogP contribution in [0, 0.1) is 5.92 Å². The second-order valence-corrected chi connectivity index (χ2v) is 5.50. The molecule has 108 valence electrons. The van der Waals surface area contributed by atoms with Crippen LogP contribution in [0.2, 0.25) is 0 Å². The predicted molar refractivity (Wildman–Crippen MR) is 63.4 cm³/mol. The molecule has 0 unspecified atom stereocenters. The van der Waals surface area contributed by atoms with Gasteiger partial charge in [-0.2, -0.15) is 21.6 Å². The van der Waals surface area contributed by atoms with Crippen LogP contribution in [-0.4, -0.2) is 15.0 Å². The Balaban J connectivity index is 2.58. The molecular weight excluding hydrogens is 283 g/mol. The van der Waals surface area contributed by atoms with Gasteiger partial charge in [-0.3, -0.25) is 4.18 Å². The number of alkyl halides is 3. The molecule has 0 heterocycles. The van der Waals surface area contributed by atoms with Crippen LogP contribution in [0.3, 0.4) is 0 Å². The Morgan fingerprint density at radius 2 is 1.79 bits per heavy atom. The molecule has 19 heavy (non-hydrogen) atoms. The first kappa shape index (κ1) is 15.9. The minimum atomic E-state index is -4.36. The van der Waals surface area contributed by atoms with Crippen LogP contribution in [0.4, 0.5) is 13.2 Å². The highest BCUT2D eigenvalue weighted by molar-refractivity contribution is 7.84. The van der Waals surface area contributed by atoms with Crippen LogP contribution in [0.5, 0.6) is 0 Å². The first-order valence-electron chi connectivity index (χ1n) is 5.41. The van der Waals surface area contributed by atoms with Crippen LogP contribution in [0.15, 0.2) is 24.3 Å². The van der Waals surface area contributed by atoms with Crippen LogP contribution >= 0.6 is 0 Å². The Bertz CT molecular complexity index is 511. The summed E-state index contributed by atoms with van der Waals surface area (Å²) in [6.45, 7) is 1.60. The van der Waals surface area contributed by atoms with Crippen LogP contribution < -0.4 is 5.14 Å². The summed E-state index contributed by atoms with van der Waals surface area (Å²) in [5.74, 6) is -0.185. The van der Waals surface area contributed by atoms with Crippen LogP contribution in [0.1, 0.15) is 18.1 Å². The Hall–Kier alpha value is -1.12. The smallest absolute Gasteiger partial charge is 0.258 e. The first-order chi connectivity index (χ1) is 8.58. The van der Waals surface area contributed by atoms with Crippen molar-refractivity contribution in [2.45, 2.75) is 19.5 Å². The normalized spacial score (nSPS) is 14.4. The van der Waals surface area contributed by atoms with Crippen molar-refractivity contribution in [3.05, 3.63) is 35.4 Å². The highest BCUT2D eigenvalue weighted by atomic mass is 32.2. The average Bonchev–Trinajstić information content (AvgIpc) is 2.25. The van der Waals surface area contributed by atoms with Crippen molar-refractivity contribution >= 4 is 10.3 Å². The number of rotatable bonds is 5. The van der Waals surface area contributed by atoms with Gasteiger partial charge in [-0.1, -0.05) is 19.1 Å². The summed E-state index contributed by atoms with van der Waals surface area (Å²) in [5, 5.41) is 4.67. The molecule has 4 nitrogen and oxygen atoms in total. The Labute approximate surface area is 109 Å². The monoisotopic (exact) mass is 297 g/mol. The van der Waals surface area contributed by atoms with Gasteiger partial charge in [0.2, 0.25) is 0 Å². The van der Waals surface area contributed by atoms with Gasteiger partial charge in [0.05, 0.1) is 12.2 Å². The summed E-state index contributed by atoms with van der Waals surface area (Å²) < 4.78 is 62.6. The molecule has 0 aliphatic carbocycles. The van der Waals surface area contributed by atoms with E-state index in [0.717, 1.165) is 12.1 Å². The van der Waals surface area contributed by atoms with E-state index in [1.165, 1.54) is 12.1 Å². The van der Waals surface area contributed by atoms with Gasteiger partial charge in [-0.05, 0) is 30.0 Å². The van der Waals surface area contributed by atoms with E-state index in [1.807, 2.05) is 0 Å². The molecular formula is C11H14F3NO3S. The van der Waals surface area contributed by atoms with E-state index < -0.39 is 22.0 Å². The molecule has 0 aliphatic heterocycles. The highest BCUT2D eigenvalue weighted by Gasteiger charge is 2.29. The average molecular weight is 297 g/mol. The van der Waals surface area contributed by atoms with Crippen molar-refractivity contribution in [2.24, 2.45) is 11.1 Å². The van der Waals surface area contributed by atoms with Gasteiger partial charge in [-0.15, -0.1) is 0 Å². The summed E-state index contributed by atoms with van der Waals surface area (Å²) in [7, 11) is -3.99. The van der Waals surface area contributed by atoms with Gasteiger partial charge >= 0.3 is 16.5 Å². The maximum Gasteiger partial charge on any atom is 0.416 e. The van der Waals surface area contributed by atoms with Gasteiger partial charge in [-0.25, -0.2) is 5.14 Å². The van der Waals surface area contributed by atoms with Gasteiger partial charge in [0.1, 0.15) is 0 Å². The summed E-state index contributed by atoms with van der Waals surface area (Å²) in [4.78, 5) is 0. The lowest BCUT2D eigenvalue weighted by molar-refractivity contribution is -0.137. The molecule has 0 fully saturated rings. The molecule has 1 atom stereocenters. The van der Waals surface area contributed by atoms with Crippen molar-refractivity contribution in [1.82, 2.24) is 0 Å². The second kappa shape index (κ2) is 5.89. The SMILES string of the molecule is C[C@H](COS(N)(=O)=O)Cc1ccc(C(F)(F)F)cc1. The first-order valence-corrected chi connectivity index (χ1v) is 6.88. The molecule has 0 aliphatic rings. The predicted octanol–water partition coefficient (Wildman–Crippen LogP) is 2.10. The molecule has 1 aromatic rings. The van der Waals surface area contributed by atoms with E-state index >= 15 is 0 Å². The third-order valence-electron chi connectivity index (χ3n) is 2.38. The summed E-state index contributed by atoms with van der Waals surface area (Å²) in [6.07, 6.45) is -3.96. The van der Waals surface area contributed by atoms with Crippen LogP contribution in [-0.2, 0) is 27.1 Å². The zero-order valence-electron chi connectivity index (χ0n) is 10.1. The molecule has 2 N–H and O–H groups in total. The van der Waals surface area contributed by atoms with E-state index in [0.29, 0.717) is 12.0 Å². The third-order valence-corrected chi connectivity index (χ3v) is 2.85. The maximum atomic E-state index is 12.3. The molecule has 0 bridgehead atoms. The minimum absolute atomic E-state index is 0.111. The molecule has 0 aromatic heterocycles. The fourth-order valence-electron chi connectivity index (χ4n) is 1.50. The molecule has 8 heteroatoms. The number of nitrogens with two attached hydrogens (primary N) is 1. The highest BCUT2D eigenvalue weighted by Crippen LogP contribution is 2.29. The van der Waals surface area contributed by atoms with E-state index in [4.69, 9.17) is 0 Å². The minimum Gasteiger partial charge on any atom is -0.258 e. The Kier molecular flexibility index (Phi) is 4.94. The molecule has 0 saturated carbocycles. The second-order valence-electron chi connectivity index (χ2n) is 4.28. The fraction of sp³-hybridized carbons (Fsp3) is 0.455. The van der Waals surface area contributed by atoms with E-state index in [2.05, 4.69) is 9.32 Å². The molecule has 0 amide bonds. The number of halogens is 3.